The summed E-state index contributed by atoms with van der Waals surface area (Å²) in [5.41, 5.74) is 2.53. The van der Waals surface area contributed by atoms with Crippen LogP contribution < -0.4 is 10.1 Å². The number of benzene rings is 2. The van der Waals surface area contributed by atoms with Gasteiger partial charge in [-0.1, -0.05) is 12.1 Å². The van der Waals surface area contributed by atoms with Crippen LogP contribution in [0.15, 0.2) is 42.5 Å². The number of phenols is 1. The molecule has 36 heavy (non-hydrogen) atoms. The Kier molecular flexibility index (Phi) is 5.44. The smallest absolute Gasteiger partial charge is 0.328 e. The number of aromatic hydroxyl groups is 1. The van der Waals surface area contributed by atoms with Crippen LogP contribution in [0.5, 0.6) is 11.5 Å². The fraction of sp³-hybridized carbons (Fsp3) is 0.429. The molecular formula is C28H32N4O4. The number of imide groups is 1. The van der Waals surface area contributed by atoms with Gasteiger partial charge in [-0.3, -0.25) is 14.6 Å². The lowest BCUT2D eigenvalue weighted by molar-refractivity contribution is -0.133. The first-order valence-electron chi connectivity index (χ1n) is 12.7. The monoisotopic (exact) mass is 488 g/mol. The van der Waals surface area contributed by atoms with E-state index in [9.17, 15) is 14.7 Å². The number of fused-ring (bicyclic) bond motifs is 4. The van der Waals surface area contributed by atoms with Crippen molar-refractivity contribution in [2.45, 2.75) is 44.2 Å². The summed E-state index contributed by atoms with van der Waals surface area (Å²) in [4.78, 5) is 34.4. The highest BCUT2D eigenvalue weighted by Gasteiger charge is 2.60. The van der Waals surface area contributed by atoms with Crippen molar-refractivity contribution in [3.05, 3.63) is 59.3 Å². The molecule has 2 fully saturated rings. The zero-order valence-corrected chi connectivity index (χ0v) is 20.7. The van der Waals surface area contributed by atoms with Crippen molar-refractivity contribution in [3.63, 3.8) is 0 Å². The Hall–Kier alpha value is -3.52. The number of hydrogen-bond acceptors (Lipinski definition) is 5. The molecule has 1 aliphatic carbocycles. The Morgan fingerprint density at radius 1 is 1.19 bits per heavy atom. The number of amides is 3. The lowest BCUT2D eigenvalue weighted by Crippen LogP contribution is -2.53. The first-order valence-corrected chi connectivity index (χ1v) is 12.7. The lowest BCUT2D eigenvalue weighted by Gasteiger charge is -2.42. The van der Waals surface area contributed by atoms with Crippen molar-refractivity contribution < 1.29 is 19.4 Å². The van der Waals surface area contributed by atoms with Gasteiger partial charge in [0.15, 0.2) is 0 Å². The number of aromatic amines is 1. The molecule has 3 heterocycles. The third kappa shape index (κ3) is 3.63. The second-order valence-electron chi connectivity index (χ2n) is 10.5. The van der Waals surface area contributed by atoms with Crippen molar-refractivity contribution in [1.82, 2.24) is 20.1 Å². The van der Waals surface area contributed by atoms with E-state index in [2.05, 4.69) is 10.3 Å². The molecule has 2 unspecified atom stereocenters. The SMILES string of the molecule is COc1ccc2[nH]c3c(c2c1)CC1(C)C(=O)N(CCCNCC2CC2)C(=O)N1C3c1cccc(O)c1. The number of carbonyl (C=O) groups excluding carboxylic acids is 2. The van der Waals surface area contributed by atoms with Crippen molar-refractivity contribution in [2.24, 2.45) is 5.92 Å². The fourth-order valence-electron chi connectivity index (χ4n) is 5.85. The molecule has 2 aliphatic heterocycles. The number of aromatic nitrogens is 1. The van der Waals surface area contributed by atoms with E-state index >= 15 is 0 Å². The minimum Gasteiger partial charge on any atom is -0.508 e. The molecule has 1 aromatic heterocycles. The third-order valence-electron chi connectivity index (χ3n) is 7.92. The van der Waals surface area contributed by atoms with Gasteiger partial charge in [-0.05, 0) is 86.7 Å². The molecule has 1 saturated carbocycles. The standard InChI is InChI=1S/C28H32N4O4/c1-28-15-22-21-14-20(36-2)9-10-23(21)30-24(22)25(18-5-3-6-19(33)13-18)32(28)27(35)31(26(28)34)12-4-11-29-16-17-7-8-17/h3,5-6,9-10,13-14,17,25,29-30,33H,4,7-8,11-12,15-16H2,1-2H3. The number of ether oxygens (including phenoxy) is 1. The second kappa shape index (κ2) is 8.55. The minimum absolute atomic E-state index is 0.121. The van der Waals surface area contributed by atoms with Crippen LogP contribution in [0.1, 0.15) is 49.0 Å². The van der Waals surface area contributed by atoms with E-state index in [0.717, 1.165) is 58.9 Å². The lowest BCUT2D eigenvalue weighted by atomic mass is 9.81. The van der Waals surface area contributed by atoms with Crippen LogP contribution in [0.4, 0.5) is 4.79 Å². The van der Waals surface area contributed by atoms with Gasteiger partial charge in [-0.2, -0.15) is 0 Å². The van der Waals surface area contributed by atoms with E-state index in [4.69, 9.17) is 4.74 Å². The van der Waals surface area contributed by atoms with E-state index in [1.165, 1.54) is 17.7 Å². The second-order valence-corrected chi connectivity index (χ2v) is 10.5. The first-order chi connectivity index (χ1) is 17.4. The average Bonchev–Trinajstić information content (AvgIpc) is 3.60. The van der Waals surface area contributed by atoms with Gasteiger partial charge in [-0.25, -0.2) is 4.79 Å². The van der Waals surface area contributed by atoms with Gasteiger partial charge in [0.25, 0.3) is 5.91 Å². The van der Waals surface area contributed by atoms with Crippen LogP contribution >= 0.6 is 0 Å². The number of hydrogen-bond donors (Lipinski definition) is 3. The predicted octanol–water partition coefficient (Wildman–Crippen LogP) is 3.94. The molecule has 0 bridgehead atoms. The molecule has 3 N–H and O–H groups in total. The fourth-order valence-corrected chi connectivity index (χ4v) is 5.85. The van der Waals surface area contributed by atoms with E-state index in [1.807, 2.05) is 31.2 Å². The van der Waals surface area contributed by atoms with E-state index < -0.39 is 11.6 Å². The molecule has 3 amide bonds. The summed E-state index contributed by atoms with van der Waals surface area (Å²) in [5, 5.41) is 14.7. The number of methoxy groups -OCH3 is 1. The third-order valence-corrected chi connectivity index (χ3v) is 7.92. The quantitative estimate of drug-likeness (QED) is 0.330. The number of rotatable bonds is 8. The number of urea groups is 1. The van der Waals surface area contributed by atoms with E-state index in [0.29, 0.717) is 13.0 Å². The molecule has 3 aromatic rings. The molecule has 2 aromatic carbocycles. The van der Waals surface area contributed by atoms with E-state index in [-0.39, 0.29) is 17.7 Å². The maximum atomic E-state index is 13.8. The van der Waals surface area contributed by atoms with Crippen LogP contribution in [-0.2, 0) is 11.2 Å². The van der Waals surface area contributed by atoms with Crippen LogP contribution in [-0.4, -0.2) is 64.1 Å². The normalized spacial score (nSPS) is 23.3. The largest absolute Gasteiger partial charge is 0.508 e. The van der Waals surface area contributed by atoms with E-state index in [1.54, 1.807) is 30.2 Å². The molecule has 2 atom stereocenters. The molecular weight excluding hydrogens is 456 g/mol. The van der Waals surface area contributed by atoms with Gasteiger partial charge in [0, 0.05) is 29.6 Å². The highest BCUT2D eigenvalue weighted by molar-refractivity contribution is 6.08. The Morgan fingerprint density at radius 3 is 2.78 bits per heavy atom. The number of carbonyl (C=O) groups is 2. The molecule has 0 spiro atoms. The van der Waals surface area contributed by atoms with Crippen LogP contribution in [0, 0.1) is 5.92 Å². The Morgan fingerprint density at radius 2 is 2.03 bits per heavy atom. The van der Waals surface area contributed by atoms with Crippen molar-refractivity contribution in [1.29, 1.82) is 0 Å². The molecule has 0 radical (unpaired) electrons. The topological polar surface area (TPSA) is 97.9 Å². The summed E-state index contributed by atoms with van der Waals surface area (Å²) in [6.45, 7) is 4.05. The van der Waals surface area contributed by atoms with Crippen LogP contribution in [0.3, 0.4) is 0 Å². The highest BCUT2D eigenvalue weighted by atomic mass is 16.5. The number of phenolic OH excluding ortho intramolecular Hbond substituents is 1. The minimum atomic E-state index is -1.03. The van der Waals surface area contributed by atoms with Crippen molar-refractivity contribution in [2.75, 3.05) is 26.7 Å². The maximum absolute atomic E-state index is 13.8. The van der Waals surface area contributed by atoms with Gasteiger partial charge in [0.05, 0.1) is 7.11 Å². The summed E-state index contributed by atoms with van der Waals surface area (Å²) in [6.07, 6.45) is 3.71. The van der Waals surface area contributed by atoms with Gasteiger partial charge < -0.3 is 20.1 Å². The number of nitrogens with one attached hydrogen (secondary N) is 2. The summed E-state index contributed by atoms with van der Waals surface area (Å²) < 4.78 is 5.47. The molecule has 3 aliphatic rings. The number of nitrogens with zero attached hydrogens (tertiary/aromatic N) is 2. The predicted molar refractivity (Wildman–Crippen MR) is 136 cm³/mol. The molecule has 1 saturated heterocycles. The van der Waals surface area contributed by atoms with Crippen LogP contribution in [0.2, 0.25) is 0 Å². The Bertz CT molecular complexity index is 1350. The zero-order valence-electron chi connectivity index (χ0n) is 20.7. The van der Waals surface area contributed by atoms with Crippen molar-refractivity contribution >= 4 is 22.8 Å². The van der Waals surface area contributed by atoms with Gasteiger partial charge in [0.1, 0.15) is 23.1 Å². The first kappa shape index (κ1) is 22.9. The zero-order chi connectivity index (χ0) is 25.0. The molecule has 8 nitrogen and oxygen atoms in total. The average molecular weight is 489 g/mol. The Labute approximate surface area is 210 Å². The van der Waals surface area contributed by atoms with Crippen LogP contribution in [0.25, 0.3) is 10.9 Å². The molecule has 6 rings (SSSR count). The summed E-state index contributed by atoms with van der Waals surface area (Å²) in [6, 6.07) is 12.0. The maximum Gasteiger partial charge on any atom is 0.328 e. The Balaban J connectivity index is 1.39. The summed E-state index contributed by atoms with van der Waals surface area (Å²) in [7, 11) is 1.63. The summed E-state index contributed by atoms with van der Waals surface area (Å²) in [5.74, 6) is 1.48. The highest BCUT2D eigenvalue weighted by Crippen LogP contribution is 2.49. The molecule has 188 valence electrons. The molecule has 8 heteroatoms. The van der Waals surface area contributed by atoms with Gasteiger partial charge in [-0.15, -0.1) is 0 Å². The summed E-state index contributed by atoms with van der Waals surface area (Å²) >= 11 is 0. The number of H-pyrrole nitrogens is 1. The van der Waals surface area contributed by atoms with Gasteiger partial charge >= 0.3 is 6.03 Å². The van der Waals surface area contributed by atoms with Crippen molar-refractivity contribution in [3.8, 4) is 11.5 Å². The van der Waals surface area contributed by atoms with Gasteiger partial charge in [0.2, 0.25) is 0 Å².